The maximum absolute atomic E-state index is 13.8. The molecule has 1 aliphatic carbocycles. The highest BCUT2D eigenvalue weighted by molar-refractivity contribution is 5.93. The molecule has 2 aromatic carbocycles. The molecule has 1 N–H and O–H groups in total. The number of aryl methyl sites for hydroxylation is 2. The fourth-order valence-electron chi connectivity index (χ4n) is 3.85. The highest BCUT2D eigenvalue weighted by Gasteiger charge is 2.44. The van der Waals surface area contributed by atoms with E-state index < -0.39 is 5.67 Å². The molecule has 2 aromatic rings. The van der Waals surface area contributed by atoms with Gasteiger partial charge in [0, 0.05) is 24.5 Å². The average Bonchev–Trinajstić information content (AvgIpc) is 3.34. The van der Waals surface area contributed by atoms with Crippen LogP contribution in [-0.4, -0.2) is 18.1 Å². The van der Waals surface area contributed by atoms with E-state index in [4.69, 9.17) is 0 Å². The molecule has 27 heavy (non-hydrogen) atoms. The van der Waals surface area contributed by atoms with Crippen molar-refractivity contribution >= 4 is 17.3 Å². The van der Waals surface area contributed by atoms with Gasteiger partial charge in [0.2, 0.25) is 5.91 Å². The third-order valence-electron chi connectivity index (χ3n) is 5.60. The van der Waals surface area contributed by atoms with E-state index in [2.05, 4.69) is 22.3 Å². The minimum Gasteiger partial charge on any atom is -0.367 e. The van der Waals surface area contributed by atoms with E-state index in [9.17, 15) is 13.6 Å². The van der Waals surface area contributed by atoms with Gasteiger partial charge in [-0.05, 0) is 79.6 Å². The van der Waals surface area contributed by atoms with Gasteiger partial charge in [0.1, 0.15) is 11.5 Å². The second kappa shape index (κ2) is 6.63. The summed E-state index contributed by atoms with van der Waals surface area (Å²) in [6.07, 6.45) is 1.71. The van der Waals surface area contributed by atoms with Gasteiger partial charge in [0.05, 0.1) is 6.42 Å². The molecule has 1 heterocycles. The van der Waals surface area contributed by atoms with Crippen molar-refractivity contribution < 1.29 is 13.6 Å². The van der Waals surface area contributed by atoms with Crippen LogP contribution in [0, 0.1) is 19.7 Å². The maximum atomic E-state index is 13.8. The van der Waals surface area contributed by atoms with Gasteiger partial charge in [-0.1, -0.05) is 6.07 Å². The predicted molar refractivity (Wildman–Crippen MR) is 103 cm³/mol. The number of halogens is 2. The van der Waals surface area contributed by atoms with E-state index in [0.29, 0.717) is 12.8 Å². The van der Waals surface area contributed by atoms with Crippen LogP contribution in [0.1, 0.15) is 41.5 Å². The normalized spacial score (nSPS) is 17.4. The second-order valence-corrected chi connectivity index (χ2v) is 7.91. The topological polar surface area (TPSA) is 32.3 Å². The van der Waals surface area contributed by atoms with Crippen LogP contribution in [0.4, 0.5) is 20.2 Å². The molecule has 0 saturated heterocycles. The Bertz CT molecular complexity index is 882. The van der Waals surface area contributed by atoms with Crippen LogP contribution in [0.2, 0.25) is 0 Å². The summed E-state index contributed by atoms with van der Waals surface area (Å²) in [5.74, 6) is -0.446. The summed E-state index contributed by atoms with van der Waals surface area (Å²) in [6.45, 7) is 5.49. The number of rotatable bonds is 4. The third-order valence-corrected chi connectivity index (χ3v) is 5.60. The van der Waals surface area contributed by atoms with Gasteiger partial charge in [-0.3, -0.25) is 4.79 Å². The van der Waals surface area contributed by atoms with E-state index in [1.54, 1.807) is 6.07 Å². The van der Waals surface area contributed by atoms with Crippen molar-refractivity contribution in [2.45, 2.75) is 51.7 Å². The lowest BCUT2D eigenvalue weighted by molar-refractivity contribution is -0.117. The van der Waals surface area contributed by atoms with Gasteiger partial charge in [0.15, 0.2) is 0 Å². The fourth-order valence-corrected chi connectivity index (χ4v) is 3.85. The number of benzene rings is 2. The summed E-state index contributed by atoms with van der Waals surface area (Å²) in [5, 5.41) is 2.89. The zero-order valence-electron chi connectivity index (χ0n) is 15.7. The Morgan fingerprint density at radius 3 is 2.52 bits per heavy atom. The van der Waals surface area contributed by atoms with Gasteiger partial charge >= 0.3 is 0 Å². The number of alkyl halides is 1. The monoisotopic (exact) mass is 370 g/mol. The first-order valence-corrected chi connectivity index (χ1v) is 9.45. The summed E-state index contributed by atoms with van der Waals surface area (Å²) in [4.78, 5) is 14.4. The van der Waals surface area contributed by atoms with Gasteiger partial charge < -0.3 is 10.2 Å². The van der Waals surface area contributed by atoms with Crippen LogP contribution in [0.25, 0.3) is 0 Å². The smallest absolute Gasteiger partial charge is 0.227 e. The number of fused-ring (bicyclic) bond motifs is 1. The number of carbonyl (C=O) groups excluding carboxylic acids is 1. The molecular formula is C22H24F2N2O. The summed E-state index contributed by atoms with van der Waals surface area (Å²) >= 11 is 0. The van der Waals surface area contributed by atoms with E-state index in [0.717, 1.165) is 53.1 Å². The highest BCUT2D eigenvalue weighted by atomic mass is 19.1. The molecule has 5 heteroatoms. The standard InChI is InChI=1S/C22H24F2N2O/c1-14-9-19(26-8-5-16-11-18(23)4-3-17(16)13-26)10-15(2)21(14)25-20(27)12-22(24)6-7-22/h3-4,9-11H,5-8,12-13H2,1-2H3,(H,25,27). The zero-order chi connectivity index (χ0) is 19.2. The zero-order valence-corrected chi connectivity index (χ0v) is 15.7. The van der Waals surface area contributed by atoms with Crippen molar-refractivity contribution in [3.63, 3.8) is 0 Å². The van der Waals surface area contributed by atoms with Gasteiger partial charge in [-0.25, -0.2) is 8.78 Å². The number of anilines is 2. The van der Waals surface area contributed by atoms with Crippen molar-refractivity contribution in [1.82, 2.24) is 0 Å². The largest absolute Gasteiger partial charge is 0.367 e. The first kappa shape index (κ1) is 18.0. The molecule has 2 aliphatic rings. The van der Waals surface area contributed by atoms with Crippen molar-refractivity contribution in [3.8, 4) is 0 Å². The van der Waals surface area contributed by atoms with Gasteiger partial charge in [-0.2, -0.15) is 0 Å². The Morgan fingerprint density at radius 2 is 1.85 bits per heavy atom. The van der Waals surface area contributed by atoms with Crippen LogP contribution in [-0.2, 0) is 17.8 Å². The van der Waals surface area contributed by atoms with Crippen LogP contribution in [0.5, 0.6) is 0 Å². The molecule has 0 spiro atoms. The molecule has 0 unspecified atom stereocenters. The Balaban J connectivity index is 1.51. The molecule has 0 aromatic heterocycles. The first-order valence-electron chi connectivity index (χ1n) is 9.45. The van der Waals surface area contributed by atoms with Gasteiger partial charge in [-0.15, -0.1) is 0 Å². The molecule has 0 atom stereocenters. The summed E-state index contributed by atoms with van der Waals surface area (Å²) in [6, 6.07) is 9.10. The van der Waals surface area contributed by atoms with Gasteiger partial charge in [0.25, 0.3) is 0 Å². The third kappa shape index (κ3) is 3.82. The van der Waals surface area contributed by atoms with Crippen LogP contribution in [0.15, 0.2) is 30.3 Å². The Morgan fingerprint density at radius 1 is 1.15 bits per heavy atom. The molecule has 3 nitrogen and oxygen atoms in total. The lowest BCUT2D eigenvalue weighted by atomic mass is 9.98. The molecule has 142 valence electrons. The Hall–Kier alpha value is -2.43. The maximum Gasteiger partial charge on any atom is 0.227 e. The quantitative estimate of drug-likeness (QED) is 0.836. The van der Waals surface area contributed by atoms with E-state index >= 15 is 0 Å². The molecule has 1 amide bonds. The molecular weight excluding hydrogens is 346 g/mol. The van der Waals surface area contributed by atoms with Crippen molar-refractivity contribution in [2.75, 3.05) is 16.8 Å². The Labute approximate surface area is 158 Å². The fraction of sp³-hybridized carbons (Fsp3) is 0.409. The lowest BCUT2D eigenvalue weighted by Crippen LogP contribution is -2.30. The first-order chi connectivity index (χ1) is 12.8. The summed E-state index contributed by atoms with van der Waals surface area (Å²) in [5.41, 5.74) is 4.72. The number of hydrogen-bond acceptors (Lipinski definition) is 2. The SMILES string of the molecule is Cc1cc(N2CCc3cc(F)ccc3C2)cc(C)c1NC(=O)CC1(F)CC1. The van der Waals surface area contributed by atoms with Crippen molar-refractivity contribution in [2.24, 2.45) is 0 Å². The molecule has 1 aliphatic heterocycles. The number of nitrogens with zero attached hydrogens (tertiary/aromatic N) is 1. The van der Waals surface area contributed by atoms with Crippen LogP contribution < -0.4 is 10.2 Å². The molecule has 0 bridgehead atoms. The molecule has 1 saturated carbocycles. The van der Waals surface area contributed by atoms with E-state index in [1.807, 2.05) is 19.9 Å². The average molecular weight is 370 g/mol. The second-order valence-electron chi connectivity index (χ2n) is 7.91. The van der Waals surface area contributed by atoms with E-state index in [-0.39, 0.29) is 18.1 Å². The Kier molecular flexibility index (Phi) is 4.41. The van der Waals surface area contributed by atoms with E-state index in [1.165, 1.54) is 6.07 Å². The molecule has 4 rings (SSSR count). The minimum atomic E-state index is -1.29. The van der Waals surface area contributed by atoms with Crippen molar-refractivity contribution in [3.05, 3.63) is 58.4 Å². The number of carbonyl (C=O) groups is 1. The number of nitrogens with one attached hydrogen (secondary N) is 1. The highest BCUT2D eigenvalue weighted by Crippen LogP contribution is 2.43. The van der Waals surface area contributed by atoms with Crippen molar-refractivity contribution in [1.29, 1.82) is 0 Å². The van der Waals surface area contributed by atoms with Crippen LogP contribution >= 0.6 is 0 Å². The predicted octanol–water partition coefficient (Wildman–Crippen LogP) is 4.84. The lowest BCUT2D eigenvalue weighted by Gasteiger charge is -2.31. The summed E-state index contributed by atoms with van der Waals surface area (Å²) < 4.78 is 27.2. The number of hydrogen-bond donors (Lipinski definition) is 1. The molecule has 0 radical (unpaired) electrons. The van der Waals surface area contributed by atoms with Crippen LogP contribution in [0.3, 0.4) is 0 Å². The minimum absolute atomic E-state index is 0.0624. The summed E-state index contributed by atoms with van der Waals surface area (Å²) in [7, 11) is 0. The molecule has 1 fully saturated rings. The number of amides is 1.